The van der Waals surface area contributed by atoms with Crippen LogP contribution < -0.4 is 5.48 Å². The highest BCUT2D eigenvalue weighted by molar-refractivity contribution is 5.93. The maximum Gasteiger partial charge on any atom is 0.274 e. The predicted octanol–water partition coefficient (Wildman–Crippen LogP) is 3.68. The molecule has 2 aliphatic rings. The zero-order valence-corrected chi connectivity index (χ0v) is 19.2. The Bertz CT molecular complexity index is 1130. The minimum absolute atomic E-state index is 0.421. The number of hydrogen-bond acceptors (Lipinski definition) is 5. The van der Waals surface area contributed by atoms with Gasteiger partial charge in [0.2, 0.25) is 0 Å². The summed E-state index contributed by atoms with van der Waals surface area (Å²) >= 11 is 0. The quantitative estimate of drug-likeness (QED) is 0.395. The number of aromatic nitrogens is 2. The molecule has 1 aromatic carbocycles. The molecule has 2 bridgehead atoms. The lowest BCUT2D eigenvalue weighted by molar-refractivity contribution is 0.00299. The Kier molecular flexibility index (Phi) is 5.72. The number of pyridine rings is 1. The fourth-order valence-electron chi connectivity index (χ4n) is 5.85. The van der Waals surface area contributed by atoms with Crippen LogP contribution in [0.2, 0.25) is 0 Å². The van der Waals surface area contributed by atoms with Gasteiger partial charge in [-0.15, -0.1) is 0 Å². The number of carbonyl (C=O) groups is 1. The zero-order valence-electron chi connectivity index (χ0n) is 19.2. The van der Waals surface area contributed by atoms with Crippen LogP contribution in [0.15, 0.2) is 48.8 Å². The first-order valence-corrected chi connectivity index (χ1v) is 11.8. The highest BCUT2D eigenvalue weighted by Crippen LogP contribution is 2.44. The molecule has 2 aromatic heterocycles. The van der Waals surface area contributed by atoms with Crippen molar-refractivity contribution in [3.8, 4) is 0 Å². The van der Waals surface area contributed by atoms with Crippen LogP contribution in [0.3, 0.4) is 0 Å². The van der Waals surface area contributed by atoms with Crippen molar-refractivity contribution < 1.29 is 15.1 Å². The van der Waals surface area contributed by atoms with Crippen LogP contribution in [0.25, 0.3) is 11.0 Å². The van der Waals surface area contributed by atoms with Gasteiger partial charge in [0.25, 0.3) is 5.91 Å². The molecule has 2 unspecified atom stereocenters. The summed E-state index contributed by atoms with van der Waals surface area (Å²) in [6, 6.07) is 12.7. The van der Waals surface area contributed by atoms with E-state index in [1.54, 1.807) is 17.6 Å². The molecule has 3 aromatic rings. The Labute approximate surface area is 194 Å². The topological polar surface area (TPSA) is 90.6 Å². The second-order valence-electron chi connectivity index (χ2n) is 10.3. The maximum absolute atomic E-state index is 11.6. The van der Waals surface area contributed by atoms with E-state index in [-0.39, 0.29) is 0 Å². The van der Waals surface area contributed by atoms with E-state index in [4.69, 9.17) is 10.2 Å². The molecule has 174 valence electrons. The lowest BCUT2D eigenvalue weighted by Gasteiger charge is -2.41. The Morgan fingerprint density at radius 3 is 2.45 bits per heavy atom. The van der Waals surface area contributed by atoms with Gasteiger partial charge in [-0.05, 0) is 80.8 Å². The molecule has 3 N–H and O–H groups in total. The van der Waals surface area contributed by atoms with E-state index in [0.717, 1.165) is 30.6 Å². The van der Waals surface area contributed by atoms with Crippen molar-refractivity contribution in [3.05, 3.63) is 65.5 Å². The van der Waals surface area contributed by atoms with Crippen LogP contribution in [0.5, 0.6) is 0 Å². The molecule has 0 saturated carbocycles. The van der Waals surface area contributed by atoms with Gasteiger partial charge in [-0.2, -0.15) is 0 Å². The zero-order chi connectivity index (χ0) is 23.2. The minimum Gasteiger partial charge on any atom is -0.389 e. The van der Waals surface area contributed by atoms with E-state index in [1.807, 2.05) is 32.2 Å². The van der Waals surface area contributed by atoms with Crippen LogP contribution in [-0.2, 0) is 6.54 Å². The Morgan fingerprint density at radius 1 is 1.12 bits per heavy atom. The van der Waals surface area contributed by atoms with E-state index >= 15 is 0 Å². The summed E-state index contributed by atoms with van der Waals surface area (Å²) in [6.07, 6.45) is 8.71. The first kappa shape index (κ1) is 22.1. The molecule has 2 saturated heterocycles. The van der Waals surface area contributed by atoms with Crippen molar-refractivity contribution in [2.45, 2.75) is 69.7 Å². The van der Waals surface area contributed by atoms with Crippen molar-refractivity contribution in [2.75, 3.05) is 6.54 Å². The first-order chi connectivity index (χ1) is 15.8. The van der Waals surface area contributed by atoms with Crippen molar-refractivity contribution in [3.63, 3.8) is 0 Å². The Balaban J connectivity index is 1.36. The van der Waals surface area contributed by atoms with E-state index in [1.165, 1.54) is 23.8 Å². The predicted molar refractivity (Wildman–Crippen MR) is 126 cm³/mol. The van der Waals surface area contributed by atoms with Crippen molar-refractivity contribution in [1.29, 1.82) is 0 Å². The van der Waals surface area contributed by atoms with E-state index in [2.05, 4.69) is 27.8 Å². The highest BCUT2D eigenvalue weighted by Gasteiger charge is 2.42. The number of benzene rings is 1. The molecule has 0 spiro atoms. The summed E-state index contributed by atoms with van der Waals surface area (Å²) in [7, 11) is 0. The number of nitrogens with one attached hydrogen (secondary N) is 1. The third-order valence-corrected chi connectivity index (χ3v) is 7.26. The summed E-state index contributed by atoms with van der Waals surface area (Å²) in [5.74, 6) is 0.0000200. The Hall–Kier alpha value is -2.74. The summed E-state index contributed by atoms with van der Waals surface area (Å²) in [5, 5.41) is 20.4. The molecule has 0 radical (unpaired) electrons. The van der Waals surface area contributed by atoms with Crippen molar-refractivity contribution in [2.24, 2.45) is 0 Å². The summed E-state index contributed by atoms with van der Waals surface area (Å²) < 4.78 is 2.15. The molecule has 4 heterocycles. The SMILES string of the molecule is CC(C)(O)CN1C2CCC1CC(c1ccnc3c1ccn3Cc1ccc(C(=O)NO)cc1)C2. The highest BCUT2D eigenvalue weighted by atomic mass is 16.5. The van der Waals surface area contributed by atoms with E-state index < -0.39 is 11.5 Å². The lowest BCUT2D eigenvalue weighted by Crippen LogP contribution is -2.48. The Morgan fingerprint density at radius 2 is 1.82 bits per heavy atom. The smallest absolute Gasteiger partial charge is 0.274 e. The van der Waals surface area contributed by atoms with Gasteiger partial charge in [0.15, 0.2) is 0 Å². The molecule has 1 amide bonds. The normalized spacial score (nSPS) is 23.2. The fourth-order valence-corrected chi connectivity index (χ4v) is 5.85. The number of hydrogen-bond donors (Lipinski definition) is 3. The van der Waals surface area contributed by atoms with Gasteiger partial charge >= 0.3 is 0 Å². The van der Waals surface area contributed by atoms with Gasteiger partial charge in [0.05, 0.1) is 5.60 Å². The van der Waals surface area contributed by atoms with Gasteiger partial charge < -0.3 is 9.67 Å². The van der Waals surface area contributed by atoms with Gasteiger partial charge in [-0.3, -0.25) is 14.9 Å². The first-order valence-electron chi connectivity index (χ1n) is 11.8. The number of rotatable bonds is 6. The largest absolute Gasteiger partial charge is 0.389 e. The number of fused-ring (bicyclic) bond motifs is 3. The van der Waals surface area contributed by atoms with E-state index in [0.29, 0.717) is 30.1 Å². The molecule has 0 aliphatic carbocycles. The second-order valence-corrected chi connectivity index (χ2v) is 10.3. The second kappa shape index (κ2) is 8.56. The number of hydroxylamine groups is 1. The number of nitrogens with zero attached hydrogens (tertiary/aromatic N) is 3. The summed E-state index contributed by atoms with van der Waals surface area (Å²) in [6.45, 7) is 5.22. The van der Waals surface area contributed by atoms with Crippen LogP contribution in [0, 0.1) is 0 Å². The van der Waals surface area contributed by atoms with Crippen molar-refractivity contribution in [1.82, 2.24) is 19.9 Å². The average molecular weight is 449 g/mol. The maximum atomic E-state index is 11.6. The lowest BCUT2D eigenvalue weighted by atomic mass is 9.83. The van der Waals surface area contributed by atoms with Crippen LogP contribution in [-0.4, -0.2) is 54.9 Å². The van der Waals surface area contributed by atoms with Gasteiger partial charge in [-0.1, -0.05) is 12.1 Å². The summed E-state index contributed by atoms with van der Waals surface area (Å²) in [5.41, 5.74) is 4.85. The minimum atomic E-state index is -0.658. The number of amides is 1. The molecule has 2 aliphatic heterocycles. The van der Waals surface area contributed by atoms with Crippen LogP contribution >= 0.6 is 0 Å². The summed E-state index contributed by atoms with van der Waals surface area (Å²) in [4.78, 5) is 18.8. The van der Waals surface area contributed by atoms with Gasteiger partial charge in [0.1, 0.15) is 5.65 Å². The average Bonchev–Trinajstić information content (AvgIpc) is 3.28. The third-order valence-electron chi connectivity index (χ3n) is 7.26. The molecule has 7 nitrogen and oxygen atoms in total. The third kappa shape index (κ3) is 4.40. The van der Waals surface area contributed by atoms with Gasteiger partial charge in [-0.25, -0.2) is 10.5 Å². The molecule has 7 heteroatoms. The standard InChI is InChI=1S/C26H32N4O3/c1-26(2,32)16-30-20-7-8-21(30)14-19(13-20)22-9-11-27-24-23(22)10-12-29(24)15-17-3-5-18(6-4-17)25(31)28-33/h3-6,9-12,19-21,32-33H,7-8,13-16H2,1-2H3,(H,28,31). The molecule has 2 atom stereocenters. The molecule has 2 fully saturated rings. The van der Waals surface area contributed by atoms with Crippen molar-refractivity contribution >= 4 is 16.9 Å². The fraction of sp³-hybridized carbons (Fsp3) is 0.462. The molecule has 5 rings (SSSR count). The van der Waals surface area contributed by atoms with Gasteiger partial charge in [0, 0.05) is 48.5 Å². The monoisotopic (exact) mass is 448 g/mol. The number of aliphatic hydroxyl groups is 1. The number of carbonyl (C=O) groups excluding carboxylic acids is 1. The molecule has 33 heavy (non-hydrogen) atoms. The molecular formula is C26H32N4O3. The van der Waals surface area contributed by atoms with Crippen LogP contribution in [0.1, 0.15) is 66.9 Å². The van der Waals surface area contributed by atoms with Crippen LogP contribution in [0.4, 0.5) is 0 Å². The number of piperidine rings is 1. The van der Waals surface area contributed by atoms with E-state index in [9.17, 15) is 9.90 Å². The molecular weight excluding hydrogens is 416 g/mol.